The van der Waals surface area contributed by atoms with Gasteiger partial charge in [0.05, 0.1) is 10.6 Å². The van der Waals surface area contributed by atoms with Crippen LogP contribution < -0.4 is 5.43 Å². The summed E-state index contributed by atoms with van der Waals surface area (Å²) >= 11 is 0. The SMILES string of the molecule is O=[N+]([O-])c1ccc(NN=CCCC2CCCCC2)cc1. The van der Waals surface area contributed by atoms with E-state index < -0.39 is 4.92 Å². The largest absolute Gasteiger partial charge is 0.279 e. The Hall–Kier alpha value is -1.91. The Morgan fingerprint density at radius 3 is 2.60 bits per heavy atom. The Kier molecular flexibility index (Phi) is 5.53. The van der Waals surface area contributed by atoms with Gasteiger partial charge in [-0.15, -0.1) is 0 Å². The second kappa shape index (κ2) is 7.62. The van der Waals surface area contributed by atoms with Crippen LogP contribution in [0, 0.1) is 16.0 Å². The van der Waals surface area contributed by atoms with E-state index in [1.165, 1.54) is 50.7 Å². The van der Waals surface area contributed by atoms with Crippen LogP contribution in [0.25, 0.3) is 0 Å². The van der Waals surface area contributed by atoms with Gasteiger partial charge >= 0.3 is 0 Å². The molecule has 1 aliphatic rings. The van der Waals surface area contributed by atoms with Gasteiger partial charge in [0.2, 0.25) is 0 Å². The molecule has 0 radical (unpaired) electrons. The van der Waals surface area contributed by atoms with Gasteiger partial charge in [-0.3, -0.25) is 15.5 Å². The fourth-order valence-corrected chi connectivity index (χ4v) is 2.63. The van der Waals surface area contributed by atoms with Gasteiger partial charge in [-0.25, -0.2) is 0 Å². The summed E-state index contributed by atoms with van der Waals surface area (Å²) in [7, 11) is 0. The molecule has 1 aromatic carbocycles. The first kappa shape index (κ1) is 14.5. The van der Waals surface area contributed by atoms with Crippen LogP contribution in [-0.2, 0) is 0 Å². The van der Waals surface area contributed by atoms with E-state index in [4.69, 9.17) is 0 Å². The van der Waals surface area contributed by atoms with Crippen LogP contribution in [0.15, 0.2) is 29.4 Å². The average Bonchev–Trinajstić information content (AvgIpc) is 2.48. The third kappa shape index (κ3) is 4.64. The van der Waals surface area contributed by atoms with Crippen molar-refractivity contribution in [3.05, 3.63) is 34.4 Å². The van der Waals surface area contributed by atoms with E-state index >= 15 is 0 Å². The molecule has 5 heteroatoms. The van der Waals surface area contributed by atoms with Crippen molar-refractivity contribution in [2.75, 3.05) is 5.43 Å². The molecule has 1 saturated carbocycles. The molecule has 1 N–H and O–H groups in total. The number of nitrogens with one attached hydrogen (secondary N) is 1. The normalized spacial score (nSPS) is 16.4. The van der Waals surface area contributed by atoms with Gasteiger partial charge in [0, 0.05) is 18.3 Å². The molecule has 0 aliphatic heterocycles. The van der Waals surface area contributed by atoms with E-state index in [-0.39, 0.29) is 5.69 Å². The Labute approximate surface area is 119 Å². The molecule has 5 nitrogen and oxygen atoms in total. The molecule has 20 heavy (non-hydrogen) atoms. The quantitative estimate of drug-likeness (QED) is 0.476. The number of nitro groups is 1. The summed E-state index contributed by atoms with van der Waals surface area (Å²) in [5.74, 6) is 0.870. The highest BCUT2D eigenvalue weighted by atomic mass is 16.6. The highest BCUT2D eigenvalue weighted by Crippen LogP contribution is 2.26. The predicted molar refractivity (Wildman–Crippen MR) is 81.0 cm³/mol. The zero-order chi connectivity index (χ0) is 14.2. The number of hydrazone groups is 1. The number of non-ortho nitro benzene ring substituents is 1. The molecule has 1 aromatic rings. The van der Waals surface area contributed by atoms with Crippen LogP contribution in [0.3, 0.4) is 0 Å². The molecule has 0 aromatic heterocycles. The summed E-state index contributed by atoms with van der Waals surface area (Å²) in [5, 5.41) is 14.7. The van der Waals surface area contributed by atoms with Gasteiger partial charge in [-0.2, -0.15) is 5.10 Å². The van der Waals surface area contributed by atoms with Crippen LogP contribution >= 0.6 is 0 Å². The van der Waals surface area contributed by atoms with Gasteiger partial charge in [0.1, 0.15) is 0 Å². The fraction of sp³-hybridized carbons (Fsp3) is 0.533. The average molecular weight is 275 g/mol. The number of anilines is 1. The topological polar surface area (TPSA) is 67.5 Å². The molecular formula is C15H21N3O2. The van der Waals surface area contributed by atoms with E-state index in [1.54, 1.807) is 12.1 Å². The summed E-state index contributed by atoms with van der Waals surface area (Å²) in [6, 6.07) is 6.27. The maximum atomic E-state index is 10.5. The maximum Gasteiger partial charge on any atom is 0.269 e. The summed E-state index contributed by atoms with van der Waals surface area (Å²) in [6.45, 7) is 0. The molecule has 108 valence electrons. The minimum absolute atomic E-state index is 0.0943. The fourth-order valence-electron chi connectivity index (χ4n) is 2.63. The Morgan fingerprint density at radius 1 is 1.25 bits per heavy atom. The molecular weight excluding hydrogens is 254 g/mol. The lowest BCUT2D eigenvalue weighted by molar-refractivity contribution is -0.384. The molecule has 0 saturated heterocycles. The number of hydrogen-bond donors (Lipinski definition) is 1. The van der Waals surface area contributed by atoms with E-state index in [0.717, 1.165) is 18.0 Å². The van der Waals surface area contributed by atoms with Crippen molar-refractivity contribution in [1.29, 1.82) is 0 Å². The van der Waals surface area contributed by atoms with Gasteiger partial charge in [0.15, 0.2) is 0 Å². The van der Waals surface area contributed by atoms with Gasteiger partial charge in [-0.1, -0.05) is 32.1 Å². The number of benzene rings is 1. The third-order valence-corrected chi connectivity index (χ3v) is 3.79. The van der Waals surface area contributed by atoms with Crippen LogP contribution in [0.2, 0.25) is 0 Å². The molecule has 1 aliphatic carbocycles. The first-order valence-corrected chi connectivity index (χ1v) is 7.27. The second-order valence-electron chi connectivity index (χ2n) is 5.31. The first-order chi connectivity index (χ1) is 9.75. The van der Waals surface area contributed by atoms with Crippen molar-refractivity contribution in [3.63, 3.8) is 0 Å². The van der Waals surface area contributed by atoms with Crippen molar-refractivity contribution >= 4 is 17.6 Å². The second-order valence-corrected chi connectivity index (χ2v) is 5.31. The lowest BCUT2D eigenvalue weighted by Gasteiger charge is -2.20. The lowest BCUT2D eigenvalue weighted by Crippen LogP contribution is -2.06. The van der Waals surface area contributed by atoms with Gasteiger partial charge in [-0.05, 0) is 30.9 Å². The molecule has 0 spiro atoms. The number of nitrogens with zero attached hydrogens (tertiary/aromatic N) is 2. The zero-order valence-corrected chi connectivity index (χ0v) is 11.6. The Morgan fingerprint density at radius 2 is 1.95 bits per heavy atom. The molecule has 0 bridgehead atoms. The maximum absolute atomic E-state index is 10.5. The van der Waals surface area contributed by atoms with E-state index in [0.29, 0.717) is 0 Å². The summed E-state index contributed by atoms with van der Waals surface area (Å²) in [6.07, 6.45) is 11.0. The zero-order valence-electron chi connectivity index (χ0n) is 11.6. The van der Waals surface area contributed by atoms with Crippen LogP contribution in [-0.4, -0.2) is 11.1 Å². The van der Waals surface area contributed by atoms with Crippen molar-refractivity contribution < 1.29 is 4.92 Å². The van der Waals surface area contributed by atoms with Crippen molar-refractivity contribution in [2.45, 2.75) is 44.9 Å². The highest BCUT2D eigenvalue weighted by Gasteiger charge is 2.11. The van der Waals surface area contributed by atoms with Crippen molar-refractivity contribution in [2.24, 2.45) is 11.0 Å². The van der Waals surface area contributed by atoms with Crippen LogP contribution in [0.5, 0.6) is 0 Å². The smallest absolute Gasteiger partial charge is 0.269 e. The lowest BCUT2D eigenvalue weighted by atomic mass is 9.86. The molecule has 0 heterocycles. The third-order valence-electron chi connectivity index (χ3n) is 3.79. The van der Waals surface area contributed by atoms with E-state index in [9.17, 15) is 10.1 Å². The van der Waals surface area contributed by atoms with Crippen molar-refractivity contribution in [1.82, 2.24) is 0 Å². The summed E-state index contributed by atoms with van der Waals surface area (Å²) < 4.78 is 0. The molecule has 0 atom stereocenters. The van der Waals surface area contributed by atoms with Gasteiger partial charge in [0.25, 0.3) is 5.69 Å². The van der Waals surface area contributed by atoms with Crippen LogP contribution in [0.4, 0.5) is 11.4 Å². The minimum Gasteiger partial charge on any atom is -0.279 e. The van der Waals surface area contributed by atoms with Crippen molar-refractivity contribution in [3.8, 4) is 0 Å². The number of hydrogen-bond acceptors (Lipinski definition) is 4. The number of rotatable bonds is 6. The standard InChI is InChI=1S/C15H21N3O2/c19-18(20)15-10-8-14(9-11-15)17-16-12-4-7-13-5-2-1-3-6-13/h8-13,17H,1-7H2. The molecule has 1 fully saturated rings. The predicted octanol–water partition coefficient (Wildman–Crippen LogP) is 4.35. The number of nitro benzene ring substituents is 1. The molecule has 0 unspecified atom stereocenters. The Bertz CT molecular complexity index is 451. The van der Waals surface area contributed by atoms with Gasteiger partial charge < -0.3 is 0 Å². The first-order valence-electron chi connectivity index (χ1n) is 7.27. The summed E-state index contributed by atoms with van der Waals surface area (Å²) in [4.78, 5) is 10.1. The highest BCUT2D eigenvalue weighted by molar-refractivity contribution is 5.59. The Balaban J connectivity index is 1.68. The monoisotopic (exact) mass is 275 g/mol. The van der Waals surface area contributed by atoms with E-state index in [2.05, 4.69) is 10.5 Å². The van der Waals surface area contributed by atoms with Crippen LogP contribution in [0.1, 0.15) is 44.9 Å². The summed E-state index contributed by atoms with van der Waals surface area (Å²) in [5.41, 5.74) is 3.76. The van der Waals surface area contributed by atoms with E-state index in [1.807, 2.05) is 6.21 Å². The molecule has 0 amide bonds. The minimum atomic E-state index is -0.406. The molecule has 2 rings (SSSR count).